The highest BCUT2D eigenvalue weighted by molar-refractivity contribution is 6.04. The third kappa shape index (κ3) is 5.17. The van der Waals surface area contributed by atoms with Gasteiger partial charge in [-0.2, -0.15) is 0 Å². The summed E-state index contributed by atoms with van der Waals surface area (Å²) >= 11 is 0. The Labute approximate surface area is 194 Å². The fraction of sp³-hybridized carbons (Fsp3) is 0.259. The molecule has 0 saturated carbocycles. The van der Waals surface area contributed by atoms with E-state index < -0.39 is 0 Å². The molecule has 33 heavy (non-hydrogen) atoms. The van der Waals surface area contributed by atoms with Crippen molar-refractivity contribution in [3.63, 3.8) is 0 Å². The SMILES string of the molecule is CCOc1ccc(C(=O)Nc2ccc3c(c2)CN(C(=O)c2ccccc2)CC3)cc1OCC. The molecule has 0 atom stereocenters. The van der Waals surface area contributed by atoms with Gasteiger partial charge in [0.2, 0.25) is 0 Å². The van der Waals surface area contributed by atoms with Gasteiger partial charge < -0.3 is 19.7 Å². The number of ether oxygens (including phenoxy) is 2. The molecule has 170 valence electrons. The van der Waals surface area contributed by atoms with Crippen LogP contribution in [-0.4, -0.2) is 36.5 Å². The molecule has 0 aliphatic carbocycles. The van der Waals surface area contributed by atoms with Crippen molar-refractivity contribution in [2.75, 3.05) is 25.1 Å². The molecule has 4 rings (SSSR count). The maximum Gasteiger partial charge on any atom is 0.255 e. The second-order valence-corrected chi connectivity index (χ2v) is 7.81. The Hall–Kier alpha value is -3.80. The largest absolute Gasteiger partial charge is 0.490 e. The van der Waals surface area contributed by atoms with Crippen LogP contribution in [0.4, 0.5) is 5.69 Å². The minimum atomic E-state index is -0.230. The van der Waals surface area contributed by atoms with Crippen LogP contribution in [0.3, 0.4) is 0 Å². The molecule has 2 amide bonds. The minimum Gasteiger partial charge on any atom is -0.490 e. The molecule has 1 N–H and O–H groups in total. The van der Waals surface area contributed by atoms with E-state index in [0.717, 1.165) is 12.0 Å². The number of nitrogens with zero attached hydrogens (tertiary/aromatic N) is 1. The van der Waals surface area contributed by atoms with Crippen LogP contribution in [0.1, 0.15) is 45.7 Å². The molecule has 6 heteroatoms. The van der Waals surface area contributed by atoms with Gasteiger partial charge in [0.15, 0.2) is 11.5 Å². The van der Waals surface area contributed by atoms with Gasteiger partial charge in [0.25, 0.3) is 11.8 Å². The quantitative estimate of drug-likeness (QED) is 0.561. The molecule has 0 fully saturated rings. The van der Waals surface area contributed by atoms with Crippen molar-refractivity contribution in [1.82, 2.24) is 4.90 Å². The van der Waals surface area contributed by atoms with E-state index in [0.29, 0.717) is 54.6 Å². The van der Waals surface area contributed by atoms with E-state index in [1.54, 1.807) is 18.2 Å². The second-order valence-electron chi connectivity index (χ2n) is 7.81. The number of rotatable bonds is 7. The summed E-state index contributed by atoms with van der Waals surface area (Å²) in [6.45, 7) is 5.99. The van der Waals surface area contributed by atoms with Crippen molar-refractivity contribution in [3.05, 3.63) is 89.0 Å². The van der Waals surface area contributed by atoms with Crippen molar-refractivity contribution in [1.29, 1.82) is 0 Å². The summed E-state index contributed by atoms with van der Waals surface area (Å²) in [4.78, 5) is 27.6. The highest BCUT2D eigenvalue weighted by Gasteiger charge is 2.22. The first-order chi connectivity index (χ1) is 16.1. The Morgan fingerprint density at radius 3 is 2.36 bits per heavy atom. The van der Waals surface area contributed by atoms with E-state index in [-0.39, 0.29) is 11.8 Å². The van der Waals surface area contributed by atoms with Gasteiger partial charge in [0.05, 0.1) is 13.2 Å². The average Bonchev–Trinajstić information content (AvgIpc) is 2.85. The summed E-state index contributed by atoms with van der Waals surface area (Å²) in [7, 11) is 0. The number of hydrogen-bond acceptors (Lipinski definition) is 4. The fourth-order valence-electron chi connectivity index (χ4n) is 3.97. The Morgan fingerprint density at radius 1 is 0.848 bits per heavy atom. The normalized spacial score (nSPS) is 12.6. The number of anilines is 1. The van der Waals surface area contributed by atoms with Gasteiger partial charge in [-0.3, -0.25) is 9.59 Å². The van der Waals surface area contributed by atoms with Crippen molar-refractivity contribution in [3.8, 4) is 11.5 Å². The predicted octanol–water partition coefficient (Wildman–Crippen LogP) is 4.93. The first-order valence-corrected chi connectivity index (χ1v) is 11.3. The number of carbonyl (C=O) groups excluding carboxylic acids is 2. The molecular formula is C27H28N2O4. The Balaban J connectivity index is 1.49. The summed E-state index contributed by atoms with van der Waals surface area (Å²) < 4.78 is 11.2. The number of hydrogen-bond donors (Lipinski definition) is 1. The maximum atomic E-state index is 12.9. The fourth-order valence-corrected chi connectivity index (χ4v) is 3.97. The van der Waals surface area contributed by atoms with Crippen LogP contribution in [0.2, 0.25) is 0 Å². The third-order valence-electron chi connectivity index (χ3n) is 5.59. The van der Waals surface area contributed by atoms with Crippen LogP contribution >= 0.6 is 0 Å². The van der Waals surface area contributed by atoms with Gasteiger partial charge in [-0.25, -0.2) is 0 Å². The van der Waals surface area contributed by atoms with Gasteiger partial charge >= 0.3 is 0 Å². The monoisotopic (exact) mass is 444 g/mol. The zero-order valence-electron chi connectivity index (χ0n) is 19.0. The van der Waals surface area contributed by atoms with E-state index >= 15 is 0 Å². The number of nitrogens with one attached hydrogen (secondary N) is 1. The molecule has 1 aliphatic heterocycles. The van der Waals surface area contributed by atoms with Gasteiger partial charge in [-0.1, -0.05) is 24.3 Å². The lowest BCUT2D eigenvalue weighted by Crippen LogP contribution is -2.36. The maximum absolute atomic E-state index is 12.9. The van der Waals surface area contributed by atoms with E-state index in [1.807, 2.05) is 67.3 Å². The Morgan fingerprint density at radius 2 is 1.61 bits per heavy atom. The van der Waals surface area contributed by atoms with Crippen molar-refractivity contribution >= 4 is 17.5 Å². The van der Waals surface area contributed by atoms with Crippen LogP contribution in [0.25, 0.3) is 0 Å². The van der Waals surface area contributed by atoms with Crippen LogP contribution in [-0.2, 0) is 13.0 Å². The van der Waals surface area contributed by atoms with E-state index in [2.05, 4.69) is 5.32 Å². The van der Waals surface area contributed by atoms with E-state index in [4.69, 9.17) is 9.47 Å². The smallest absolute Gasteiger partial charge is 0.255 e. The van der Waals surface area contributed by atoms with Gasteiger partial charge in [-0.05, 0) is 73.9 Å². The van der Waals surface area contributed by atoms with Gasteiger partial charge in [0, 0.05) is 29.9 Å². The number of fused-ring (bicyclic) bond motifs is 1. The summed E-state index contributed by atoms with van der Waals surface area (Å²) in [5.41, 5.74) is 4.11. The van der Waals surface area contributed by atoms with Crippen molar-refractivity contribution < 1.29 is 19.1 Å². The highest BCUT2D eigenvalue weighted by atomic mass is 16.5. The number of amides is 2. The summed E-state index contributed by atoms with van der Waals surface area (Å²) in [5, 5.41) is 2.97. The molecule has 0 saturated heterocycles. The average molecular weight is 445 g/mol. The van der Waals surface area contributed by atoms with Crippen molar-refractivity contribution in [2.24, 2.45) is 0 Å². The van der Waals surface area contributed by atoms with E-state index in [9.17, 15) is 9.59 Å². The molecular weight excluding hydrogens is 416 g/mol. The molecule has 1 aliphatic rings. The standard InChI is InChI=1S/C27H28N2O4/c1-3-32-24-13-11-21(17-25(24)33-4-2)26(30)28-23-12-10-19-14-15-29(18-22(19)16-23)27(31)20-8-6-5-7-9-20/h5-13,16-17H,3-4,14-15,18H2,1-2H3,(H,28,30). The lowest BCUT2D eigenvalue weighted by atomic mass is 9.98. The molecule has 0 radical (unpaired) electrons. The summed E-state index contributed by atoms with van der Waals surface area (Å²) in [6, 6.07) is 20.4. The molecule has 1 heterocycles. The van der Waals surface area contributed by atoms with Gasteiger partial charge in [-0.15, -0.1) is 0 Å². The molecule has 3 aromatic carbocycles. The Bertz CT molecular complexity index is 1140. The topological polar surface area (TPSA) is 67.9 Å². The predicted molar refractivity (Wildman–Crippen MR) is 128 cm³/mol. The first kappa shape index (κ1) is 22.4. The third-order valence-corrected chi connectivity index (χ3v) is 5.59. The minimum absolute atomic E-state index is 0.0218. The molecule has 0 spiro atoms. The van der Waals surface area contributed by atoms with Gasteiger partial charge in [0.1, 0.15) is 0 Å². The van der Waals surface area contributed by atoms with Crippen molar-refractivity contribution in [2.45, 2.75) is 26.8 Å². The summed E-state index contributed by atoms with van der Waals surface area (Å²) in [5.74, 6) is 0.959. The molecule has 6 nitrogen and oxygen atoms in total. The zero-order chi connectivity index (χ0) is 23.2. The lowest BCUT2D eigenvalue weighted by molar-refractivity contribution is 0.0734. The van der Waals surface area contributed by atoms with E-state index in [1.165, 1.54) is 5.56 Å². The number of benzene rings is 3. The second kappa shape index (κ2) is 10.2. The Kier molecular flexibility index (Phi) is 6.93. The van der Waals surface area contributed by atoms with Crippen LogP contribution in [0.5, 0.6) is 11.5 Å². The van der Waals surface area contributed by atoms with Crippen LogP contribution in [0, 0.1) is 0 Å². The molecule has 0 bridgehead atoms. The van der Waals surface area contributed by atoms with Crippen LogP contribution in [0.15, 0.2) is 66.7 Å². The number of carbonyl (C=O) groups is 2. The molecule has 0 aromatic heterocycles. The highest BCUT2D eigenvalue weighted by Crippen LogP contribution is 2.29. The molecule has 0 unspecified atom stereocenters. The lowest BCUT2D eigenvalue weighted by Gasteiger charge is -2.29. The molecule has 3 aromatic rings. The summed E-state index contributed by atoms with van der Waals surface area (Å²) in [6.07, 6.45) is 0.790. The zero-order valence-corrected chi connectivity index (χ0v) is 19.0. The first-order valence-electron chi connectivity index (χ1n) is 11.3. The van der Waals surface area contributed by atoms with Crippen LogP contribution < -0.4 is 14.8 Å².